The van der Waals surface area contributed by atoms with Gasteiger partial charge in [0.15, 0.2) is 0 Å². The van der Waals surface area contributed by atoms with Crippen LogP contribution in [0.15, 0.2) is 30.3 Å². The number of nitrogens with two attached hydrogens (primary N) is 1. The van der Waals surface area contributed by atoms with Crippen molar-refractivity contribution in [2.75, 3.05) is 5.43 Å². The Morgan fingerprint density at radius 3 is 2.00 bits per heavy atom. The third-order valence-corrected chi connectivity index (χ3v) is 0.940. The lowest BCUT2D eigenvalue weighted by molar-refractivity contribution is 1.35. The molecule has 1 rings (SSSR count). The zero-order chi connectivity index (χ0) is 5.82. The number of halogens is 1. The molecule has 2 nitrogen and oxygen atoms in total. The van der Waals surface area contributed by atoms with Crippen LogP contribution in [0.25, 0.3) is 0 Å². The predicted molar refractivity (Wildman–Crippen MR) is 41.5 cm³/mol. The standard InChI is InChI=1S/C6H8N2.ClH/c7-8-6-4-2-1-3-5-6;/h1-5,8H,7H2;1H. The molecule has 0 saturated heterocycles. The fraction of sp³-hybridized carbons (Fsp3) is 0. The van der Waals surface area contributed by atoms with Crippen LogP contribution < -0.4 is 11.3 Å². The van der Waals surface area contributed by atoms with Gasteiger partial charge in [0.1, 0.15) is 0 Å². The predicted octanol–water partition coefficient (Wildman–Crippen LogP) is 1.39. The molecular weight excluding hydrogens is 136 g/mol. The highest BCUT2D eigenvalue weighted by Crippen LogP contribution is 2.00. The van der Waals surface area contributed by atoms with Gasteiger partial charge in [-0.3, -0.25) is 5.84 Å². The van der Waals surface area contributed by atoms with Crippen molar-refractivity contribution >= 4 is 18.1 Å². The van der Waals surface area contributed by atoms with Crippen molar-refractivity contribution in [3.8, 4) is 0 Å². The maximum Gasteiger partial charge on any atom is 0.0485 e. The van der Waals surface area contributed by atoms with E-state index in [4.69, 9.17) is 5.84 Å². The van der Waals surface area contributed by atoms with Crippen molar-refractivity contribution in [1.82, 2.24) is 0 Å². The number of anilines is 1. The SMILES string of the molecule is Cl.NNc1ccccc1. The molecule has 0 atom stereocenters. The first-order chi connectivity index (χ1) is 3.93. The monoisotopic (exact) mass is 144 g/mol. The first kappa shape index (κ1) is 8.27. The Morgan fingerprint density at radius 1 is 1.11 bits per heavy atom. The van der Waals surface area contributed by atoms with E-state index in [-0.39, 0.29) is 12.4 Å². The van der Waals surface area contributed by atoms with Crippen LogP contribution in [0, 0.1) is 0 Å². The van der Waals surface area contributed by atoms with Gasteiger partial charge in [0.2, 0.25) is 0 Å². The fourth-order valence-electron chi connectivity index (χ4n) is 0.534. The summed E-state index contributed by atoms with van der Waals surface area (Å²) in [5.74, 6) is 5.10. The smallest absolute Gasteiger partial charge is 0.0485 e. The zero-order valence-corrected chi connectivity index (χ0v) is 5.69. The molecule has 0 radical (unpaired) electrons. The number of hydrazine groups is 1. The topological polar surface area (TPSA) is 38.0 Å². The first-order valence-corrected chi connectivity index (χ1v) is 2.45. The minimum absolute atomic E-state index is 0. The van der Waals surface area contributed by atoms with E-state index in [2.05, 4.69) is 5.43 Å². The van der Waals surface area contributed by atoms with Crippen molar-refractivity contribution in [3.63, 3.8) is 0 Å². The maximum absolute atomic E-state index is 5.10. The summed E-state index contributed by atoms with van der Waals surface area (Å²) >= 11 is 0. The second kappa shape index (κ2) is 4.18. The Labute approximate surface area is 60.4 Å². The average molecular weight is 145 g/mol. The molecule has 9 heavy (non-hydrogen) atoms. The van der Waals surface area contributed by atoms with Crippen LogP contribution in [0.1, 0.15) is 0 Å². The molecule has 1 aromatic carbocycles. The number of benzene rings is 1. The minimum Gasteiger partial charge on any atom is -0.324 e. The summed E-state index contributed by atoms with van der Waals surface area (Å²) in [4.78, 5) is 0. The number of hydrogen-bond acceptors (Lipinski definition) is 2. The molecule has 3 heteroatoms. The van der Waals surface area contributed by atoms with Gasteiger partial charge < -0.3 is 5.43 Å². The minimum atomic E-state index is 0. The third-order valence-electron chi connectivity index (χ3n) is 0.940. The lowest BCUT2D eigenvalue weighted by Gasteiger charge is -1.94. The molecule has 3 N–H and O–H groups in total. The van der Waals surface area contributed by atoms with E-state index in [9.17, 15) is 0 Å². The molecule has 1 aromatic rings. The number of para-hydroxylation sites is 1. The summed E-state index contributed by atoms with van der Waals surface area (Å²) in [6.07, 6.45) is 0. The van der Waals surface area contributed by atoms with E-state index in [1.54, 1.807) is 0 Å². The van der Waals surface area contributed by atoms with Crippen LogP contribution in [0.5, 0.6) is 0 Å². The van der Waals surface area contributed by atoms with E-state index in [1.807, 2.05) is 30.3 Å². The molecule has 0 unspecified atom stereocenters. The van der Waals surface area contributed by atoms with Gasteiger partial charge in [-0.05, 0) is 12.1 Å². The summed E-state index contributed by atoms with van der Waals surface area (Å²) in [5, 5.41) is 0. The van der Waals surface area contributed by atoms with Gasteiger partial charge in [0, 0.05) is 5.69 Å². The van der Waals surface area contributed by atoms with Crippen molar-refractivity contribution in [2.24, 2.45) is 5.84 Å². The largest absolute Gasteiger partial charge is 0.324 e. The lowest BCUT2D eigenvalue weighted by atomic mass is 10.3. The third kappa shape index (κ3) is 2.35. The van der Waals surface area contributed by atoms with Crippen molar-refractivity contribution in [1.29, 1.82) is 0 Å². The second-order valence-corrected chi connectivity index (χ2v) is 1.51. The maximum atomic E-state index is 5.10. The molecule has 0 saturated carbocycles. The van der Waals surface area contributed by atoms with Gasteiger partial charge in [-0.1, -0.05) is 18.2 Å². The van der Waals surface area contributed by atoms with Crippen LogP contribution >= 0.6 is 12.4 Å². The molecule has 50 valence electrons. The molecule has 0 fully saturated rings. The normalized spacial score (nSPS) is 7.67. The van der Waals surface area contributed by atoms with Crippen molar-refractivity contribution < 1.29 is 0 Å². The Kier molecular flexibility index (Phi) is 3.84. The quantitative estimate of drug-likeness (QED) is 0.462. The average Bonchev–Trinajstić information content (AvgIpc) is 1.90. The zero-order valence-electron chi connectivity index (χ0n) is 4.87. The summed E-state index contributed by atoms with van der Waals surface area (Å²) < 4.78 is 0. The molecule has 0 amide bonds. The van der Waals surface area contributed by atoms with E-state index >= 15 is 0 Å². The Balaban J connectivity index is 0.000000640. The fourth-order valence-corrected chi connectivity index (χ4v) is 0.534. The lowest BCUT2D eigenvalue weighted by Crippen LogP contribution is -2.05. The van der Waals surface area contributed by atoms with E-state index < -0.39 is 0 Å². The van der Waals surface area contributed by atoms with Crippen LogP contribution in [-0.2, 0) is 0 Å². The Bertz CT molecular complexity index is 152. The van der Waals surface area contributed by atoms with Gasteiger partial charge in [-0.15, -0.1) is 12.4 Å². The van der Waals surface area contributed by atoms with Crippen LogP contribution in [0.4, 0.5) is 5.69 Å². The molecule has 0 aliphatic carbocycles. The van der Waals surface area contributed by atoms with Crippen molar-refractivity contribution in [2.45, 2.75) is 0 Å². The summed E-state index contributed by atoms with van der Waals surface area (Å²) in [7, 11) is 0. The van der Waals surface area contributed by atoms with Gasteiger partial charge in [0.05, 0.1) is 0 Å². The first-order valence-electron chi connectivity index (χ1n) is 2.45. The highest BCUT2D eigenvalue weighted by atomic mass is 35.5. The highest BCUT2D eigenvalue weighted by molar-refractivity contribution is 5.85. The van der Waals surface area contributed by atoms with Gasteiger partial charge in [-0.25, -0.2) is 0 Å². The van der Waals surface area contributed by atoms with Gasteiger partial charge in [-0.2, -0.15) is 0 Å². The second-order valence-electron chi connectivity index (χ2n) is 1.51. The molecule has 0 spiro atoms. The van der Waals surface area contributed by atoms with E-state index in [1.165, 1.54) is 0 Å². The van der Waals surface area contributed by atoms with Crippen LogP contribution in [-0.4, -0.2) is 0 Å². The van der Waals surface area contributed by atoms with Crippen LogP contribution in [0.3, 0.4) is 0 Å². The summed E-state index contributed by atoms with van der Waals surface area (Å²) in [6.45, 7) is 0. The summed E-state index contributed by atoms with van der Waals surface area (Å²) in [6, 6.07) is 9.60. The molecule has 0 bridgehead atoms. The molecule has 0 aromatic heterocycles. The Morgan fingerprint density at radius 2 is 1.67 bits per heavy atom. The van der Waals surface area contributed by atoms with E-state index in [0.717, 1.165) is 5.69 Å². The van der Waals surface area contributed by atoms with Crippen LogP contribution in [0.2, 0.25) is 0 Å². The van der Waals surface area contributed by atoms with Gasteiger partial charge in [0.25, 0.3) is 0 Å². The highest BCUT2D eigenvalue weighted by Gasteiger charge is 1.78. The molecule has 0 aliphatic heterocycles. The number of nitrogen functional groups attached to an aromatic ring is 1. The van der Waals surface area contributed by atoms with Gasteiger partial charge >= 0.3 is 0 Å². The molecule has 0 heterocycles. The molecule has 0 aliphatic rings. The number of rotatable bonds is 1. The number of nitrogens with one attached hydrogen (secondary N) is 1. The number of hydrogen-bond donors (Lipinski definition) is 2. The summed E-state index contributed by atoms with van der Waals surface area (Å²) in [5.41, 5.74) is 3.46. The van der Waals surface area contributed by atoms with Crippen molar-refractivity contribution in [3.05, 3.63) is 30.3 Å². The Hall–Kier alpha value is -0.730. The molecular formula is C6H9ClN2. The van der Waals surface area contributed by atoms with E-state index in [0.29, 0.717) is 0 Å².